The highest BCUT2D eigenvalue weighted by Crippen LogP contribution is 2.41. The fourth-order valence-electron chi connectivity index (χ4n) is 3.96. The van der Waals surface area contributed by atoms with E-state index in [-0.39, 0.29) is 11.5 Å². The summed E-state index contributed by atoms with van der Waals surface area (Å²) in [5, 5.41) is 2.83. The van der Waals surface area contributed by atoms with Crippen LogP contribution in [0.1, 0.15) is 35.0 Å². The maximum absolute atomic E-state index is 14.5. The third-order valence-electron chi connectivity index (χ3n) is 5.34. The molecule has 4 rings (SSSR count). The van der Waals surface area contributed by atoms with E-state index >= 15 is 0 Å². The second kappa shape index (κ2) is 6.75. The van der Waals surface area contributed by atoms with E-state index in [4.69, 9.17) is 0 Å². The molecule has 142 valence electrons. The number of hydrogen-bond acceptors (Lipinski definition) is 1. The van der Waals surface area contributed by atoms with Crippen LogP contribution in [0.2, 0.25) is 0 Å². The number of nitrogens with one attached hydrogen (secondary N) is 2. The summed E-state index contributed by atoms with van der Waals surface area (Å²) in [6, 6.07) is 9.26. The molecule has 28 heavy (non-hydrogen) atoms. The Balaban J connectivity index is 1.94. The Morgan fingerprint density at radius 2 is 1.75 bits per heavy atom. The Hall–Kier alpha value is -3.21. The average Bonchev–Trinajstić information content (AvgIpc) is 3.13. The van der Waals surface area contributed by atoms with E-state index in [1.54, 1.807) is 24.3 Å². The van der Waals surface area contributed by atoms with Crippen LogP contribution in [0, 0.1) is 25.5 Å². The molecule has 0 radical (unpaired) electrons. The summed E-state index contributed by atoms with van der Waals surface area (Å²) < 4.78 is 28.3. The van der Waals surface area contributed by atoms with Gasteiger partial charge in [-0.05, 0) is 55.2 Å². The molecule has 1 aliphatic rings. The van der Waals surface area contributed by atoms with Crippen LogP contribution in [0.4, 0.5) is 14.5 Å². The topological polar surface area (TPSA) is 44.9 Å². The molecule has 0 saturated heterocycles. The summed E-state index contributed by atoms with van der Waals surface area (Å²) in [5.41, 5.74) is 6.44. The van der Waals surface area contributed by atoms with Crippen molar-refractivity contribution >= 4 is 23.2 Å². The van der Waals surface area contributed by atoms with Gasteiger partial charge in [0.05, 0.1) is 5.57 Å². The number of rotatable bonds is 3. The van der Waals surface area contributed by atoms with Gasteiger partial charge in [0, 0.05) is 28.2 Å². The first-order valence-electron chi connectivity index (χ1n) is 9.21. The monoisotopic (exact) mass is 378 g/mol. The lowest BCUT2D eigenvalue weighted by Gasteiger charge is -2.10. The highest BCUT2D eigenvalue weighted by Gasteiger charge is 2.29. The quantitative estimate of drug-likeness (QED) is 0.570. The smallest absolute Gasteiger partial charge is 0.256 e. The Kier molecular flexibility index (Phi) is 4.38. The van der Waals surface area contributed by atoms with Gasteiger partial charge in [0.2, 0.25) is 0 Å². The number of aromatic amines is 1. The van der Waals surface area contributed by atoms with E-state index in [9.17, 15) is 13.6 Å². The fourth-order valence-corrected chi connectivity index (χ4v) is 3.96. The largest absolute Gasteiger partial charge is 0.359 e. The number of amides is 1. The van der Waals surface area contributed by atoms with Crippen LogP contribution in [0.25, 0.3) is 22.8 Å². The molecule has 0 bridgehead atoms. The molecule has 0 fully saturated rings. The zero-order valence-corrected chi connectivity index (χ0v) is 15.9. The summed E-state index contributed by atoms with van der Waals surface area (Å²) in [5.74, 6) is -2.10. The number of aromatic nitrogens is 1. The molecule has 2 aromatic carbocycles. The number of fused-ring (bicyclic) bond motifs is 1. The number of hydrogen-bond donors (Lipinski definition) is 2. The molecule has 5 heteroatoms. The number of aryl methyl sites for hydroxylation is 1. The molecule has 1 aromatic heterocycles. The van der Waals surface area contributed by atoms with Gasteiger partial charge < -0.3 is 10.3 Å². The van der Waals surface area contributed by atoms with Crippen molar-refractivity contribution in [2.24, 2.45) is 0 Å². The van der Waals surface area contributed by atoms with E-state index in [1.807, 2.05) is 13.8 Å². The summed E-state index contributed by atoms with van der Waals surface area (Å²) in [6.07, 6.45) is 2.68. The predicted octanol–water partition coefficient (Wildman–Crippen LogP) is 5.63. The van der Waals surface area contributed by atoms with Crippen molar-refractivity contribution in [3.63, 3.8) is 0 Å². The van der Waals surface area contributed by atoms with Gasteiger partial charge in [-0.2, -0.15) is 0 Å². The Morgan fingerprint density at radius 3 is 2.46 bits per heavy atom. The summed E-state index contributed by atoms with van der Waals surface area (Å²) in [4.78, 5) is 16.0. The van der Waals surface area contributed by atoms with Crippen LogP contribution in [-0.4, -0.2) is 10.9 Å². The van der Waals surface area contributed by atoms with E-state index in [0.717, 1.165) is 29.4 Å². The third kappa shape index (κ3) is 2.74. The number of halogens is 2. The standard InChI is InChI=1S/C23H20F2N2O/c1-4-14-12(2)20(26-13(14)3)11-17-21-15(7-6-10-19(21)27-23(17)28)16-8-5-9-18(24)22(16)25/h5-11,26H,4H2,1-3H3,(H,27,28)/b17-11-. The highest BCUT2D eigenvalue weighted by atomic mass is 19.2. The van der Waals surface area contributed by atoms with Crippen molar-refractivity contribution in [2.45, 2.75) is 27.2 Å². The van der Waals surface area contributed by atoms with Gasteiger partial charge >= 0.3 is 0 Å². The van der Waals surface area contributed by atoms with E-state index in [2.05, 4.69) is 17.2 Å². The first-order valence-corrected chi connectivity index (χ1v) is 9.21. The Morgan fingerprint density at radius 1 is 1.04 bits per heavy atom. The van der Waals surface area contributed by atoms with Crippen LogP contribution in [0.3, 0.4) is 0 Å². The molecule has 3 aromatic rings. The van der Waals surface area contributed by atoms with E-state index < -0.39 is 11.6 Å². The molecule has 0 aliphatic carbocycles. The number of benzene rings is 2. The lowest BCUT2D eigenvalue weighted by molar-refractivity contribution is -0.110. The first kappa shape index (κ1) is 18.2. The highest BCUT2D eigenvalue weighted by molar-refractivity contribution is 6.36. The molecule has 0 unspecified atom stereocenters. The van der Waals surface area contributed by atoms with Gasteiger partial charge in [-0.25, -0.2) is 8.78 Å². The molecular formula is C23H20F2N2O. The van der Waals surface area contributed by atoms with Gasteiger partial charge in [-0.15, -0.1) is 0 Å². The van der Waals surface area contributed by atoms with Crippen LogP contribution in [0.15, 0.2) is 36.4 Å². The fraction of sp³-hybridized carbons (Fsp3) is 0.174. The zero-order chi connectivity index (χ0) is 20.0. The van der Waals surface area contributed by atoms with Gasteiger partial charge in [0.15, 0.2) is 11.6 Å². The zero-order valence-electron chi connectivity index (χ0n) is 15.9. The summed E-state index contributed by atoms with van der Waals surface area (Å²) in [7, 11) is 0. The molecular weight excluding hydrogens is 358 g/mol. The second-order valence-corrected chi connectivity index (χ2v) is 6.96. The molecule has 2 heterocycles. The molecule has 0 atom stereocenters. The number of H-pyrrole nitrogens is 1. The number of anilines is 1. The van der Waals surface area contributed by atoms with Crippen LogP contribution in [-0.2, 0) is 11.2 Å². The minimum absolute atomic E-state index is 0.132. The molecule has 1 aliphatic heterocycles. The number of carbonyl (C=O) groups is 1. The van der Waals surface area contributed by atoms with Gasteiger partial charge in [0.25, 0.3) is 5.91 Å². The Labute approximate surface area is 162 Å². The third-order valence-corrected chi connectivity index (χ3v) is 5.34. The van der Waals surface area contributed by atoms with Crippen LogP contribution < -0.4 is 5.32 Å². The van der Waals surface area contributed by atoms with E-state index in [1.165, 1.54) is 17.7 Å². The second-order valence-electron chi connectivity index (χ2n) is 6.96. The molecule has 3 nitrogen and oxygen atoms in total. The lowest BCUT2D eigenvalue weighted by Crippen LogP contribution is -2.03. The minimum Gasteiger partial charge on any atom is -0.359 e. The molecule has 0 saturated carbocycles. The lowest BCUT2D eigenvalue weighted by atomic mass is 9.93. The predicted molar refractivity (Wildman–Crippen MR) is 108 cm³/mol. The number of carbonyl (C=O) groups excluding carboxylic acids is 1. The van der Waals surface area contributed by atoms with Gasteiger partial charge in [0.1, 0.15) is 0 Å². The Bertz CT molecular complexity index is 1140. The van der Waals surface area contributed by atoms with Gasteiger partial charge in [-0.1, -0.05) is 31.2 Å². The summed E-state index contributed by atoms with van der Waals surface area (Å²) >= 11 is 0. The normalized spacial score (nSPS) is 14.5. The molecule has 2 N–H and O–H groups in total. The van der Waals surface area contributed by atoms with Crippen molar-refractivity contribution < 1.29 is 13.6 Å². The van der Waals surface area contributed by atoms with E-state index in [0.29, 0.717) is 22.4 Å². The first-order chi connectivity index (χ1) is 13.4. The van der Waals surface area contributed by atoms with Crippen molar-refractivity contribution in [3.8, 4) is 11.1 Å². The summed E-state index contributed by atoms with van der Waals surface area (Å²) in [6.45, 7) is 6.10. The maximum Gasteiger partial charge on any atom is 0.256 e. The average molecular weight is 378 g/mol. The van der Waals surface area contributed by atoms with Crippen molar-refractivity contribution in [3.05, 3.63) is 76.1 Å². The van der Waals surface area contributed by atoms with Gasteiger partial charge in [-0.3, -0.25) is 4.79 Å². The van der Waals surface area contributed by atoms with Crippen molar-refractivity contribution in [2.75, 3.05) is 5.32 Å². The van der Waals surface area contributed by atoms with Crippen LogP contribution >= 0.6 is 0 Å². The minimum atomic E-state index is -0.922. The SMILES string of the molecule is CCc1c(C)[nH]c(/C=C2\C(=O)Nc3cccc(-c4cccc(F)c4F)c32)c1C. The maximum atomic E-state index is 14.5. The van der Waals surface area contributed by atoms with Crippen molar-refractivity contribution in [1.82, 2.24) is 4.98 Å². The molecule has 0 spiro atoms. The van der Waals surface area contributed by atoms with Crippen molar-refractivity contribution in [1.29, 1.82) is 0 Å². The molecule has 1 amide bonds. The van der Waals surface area contributed by atoms with Crippen LogP contribution in [0.5, 0.6) is 0 Å².